The molecule has 0 aromatic heterocycles. The molecule has 0 saturated carbocycles. The minimum Gasteiger partial charge on any atom is -0.467 e. The molecule has 2 N–H and O–H groups in total. The maximum Gasteiger partial charge on any atom is 0.407 e. The highest BCUT2D eigenvalue weighted by atomic mass is 16.5. The molecule has 96 valence electrons. The van der Waals surface area contributed by atoms with E-state index in [1.165, 1.54) is 7.11 Å². The summed E-state index contributed by atoms with van der Waals surface area (Å²) in [6.45, 7) is 2.26. The van der Waals surface area contributed by atoms with Gasteiger partial charge < -0.3 is 20.1 Å². The number of hydrogen-bond acceptors (Lipinski definition) is 5. The smallest absolute Gasteiger partial charge is 0.407 e. The van der Waals surface area contributed by atoms with E-state index in [1.54, 1.807) is 0 Å². The van der Waals surface area contributed by atoms with E-state index in [1.807, 2.05) is 6.92 Å². The molecule has 0 radical (unpaired) electrons. The Kier molecular flexibility index (Phi) is 4.74. The van der Waals surface area contributed by atoms with Gasteiger partial charge in [0.15, 0.2) is 6.04 Å². The maximum absolute atomic E-state index is 11.3. The predicted octanol–water partition coefficient (Wildman–Crippen LogP) is -0.447. The van der Waals surface area contributed by atoms with Crippen LogP contribution in [-0.4, -0.2) is 43.8 Å². The highest BCUT2D eigenvalue weighted by molar-refractivity contribution is 6.01. The van der Waals surface area contributed by atoms with Crippen molar-refractivity contribution in [2.45, 2.75) is 31.8 Å². The van der Waals surface area contributed by atoms with Gasteiger partial charge in [0.25, 0.3) is 0 Å². The zero-order chi connectivity index (χ0) is 12.8. The van der Waals surface area contributed by atoms with E-state index >= 15 is 0 Å². The van der Waals surface area contributed by atoms with Crippen LogP contribution in [0.3, 0.4) is 0 Å². The average molecular weight is 244 g/mol. The van der Waals surface area contributed by atoms with Gasteiger partial charge in [0.05, 0.1) is 13.7 Å². The van der Waals surface area contributed by atoms with Crippen molar-refractivity contribution in [3.05, 3.63) is 0 Å². The van der Waals surface area contributed by atoms with Crippen LogP contribution in [0.25, 0.3) is 0 Å². The minimum absolute atomic E-state index is 0.291. The third-order valence-corrected chi connectivity index (χ3v) is 2.37. The molecule has 0 aromatic carbocycles. The topological polar surface area (TPSA) is 93.7 Å². The molecule has 1 aliphatic heterocycles. The Balaban J connectivity index is 2.36. The van der Waals surface area contributed by atoms with Gasteiger partial charge in [-0.3, -0.25) is 4.79 Å². The number of esters is 1. The fourth-order valence-electron chi connectivity index (χ4n) is 1.33. The highest BCUT2D eigenvalue weighted by Crippen LogP contribution is 2.08. The van der Waals surface area contributed by atoms with E-state index in [9.17, 15) is 14.4 Å². The van der Waals surface area contributed by atoms with Gasteiger partial charge >= 0.3 is 12.1 Å². The number of hydrogen-bond donors (Lipinski definition) is 2. The van der Waals surface area contributed by atoms with Crippen molar-refractivity contribution >= 4 is 18.0 Å². The number of alkyl carbamates (subject to hydrolysis) is 1. The molecule has 1 heterocycles. The van der Waals surface area contributed by atoms with Gasteiger partial charge in [0.1, 0.15) is 6.04 Å². The Hall–Kier alpha value is -1.79. The Morgan fingerprint density at radius 2 is 2.18 bits per heavy atom. The molecule has 0 aliphatic carbocycles. The number of unbranched alkanes of at least 4 members (excludes halogenated alkanes) is 1. The van der Waals surface area contributed by atoms with Crippen LogP contribution in [0.4, 0.5) is 4.79 Å². The number of methoxy groups -OCH3 is 1. The summed E-state index contributed by atoms with van der Waals surface area (Å²) in [5.41, 5.74) is 0. The van der Waals surface area contributed by atoms with Gasteiger partial charge in [0, 0.05) is 0 Å². The lowest BCUT2D eigenvalue weighted by molar-refractivity contribution is -0.152. The third-order valence-electron chi connectivity index (χ3n) is 2.37. The number of nitrogens with one attached hydrogen (secondary N) is 2. The van der Waals surface area contributed by atoms with Crippen LogP contribution in [-0.2, 0) is 19.1 Å². The molecule has 2 atom stereocenters. The monoisotopic (exact) mass is 244 g/mol. The lowest BCUT2D eigenvalue weighted by Crippen LogP contribution is -2.72. The standard InChI is InChI=1S/C10H16N2O5/c1-3-4-5-17-10(15)12-6-7(9(14)16-2)11-8(6)13/h6-7H,3-5H2,1-2H3,(H,11,13)(H,12,15)/t6-,7-/m0/s1. The largest absolute Gasteiger partial charge is 0.467 e. The quantitative estimate of drug-likeness (QED) is 0.388. The lowest BCUT2D eigenvalue weighted by Gasteiger charge is -2.34. The van der Waals surface area contributed by atoms with Crippen LogP contribution >= 0.6 is 0 Å². The predicted molar refractivity (Wildman–Crippen MR) is 57.1 cm³/mol. The van der Waals surface area contributed by atoms with E-state index in [0.29, 0.717) is 6.61 Å². The van der Waals surface area contributed by atoms with E-state index in [4.69, 9.17) is 4.74 Å². The molecule has 2 amide bonds. The van der Waals surface area contributed by atoms with Gasteiger partial charge in [0.2, 0.25) is 5.91 Å². The number of rotatable bonds is 5. The van der Waals surface area contributed by atoms with Crippen molar-refractivity contribution in [2.75, 3.05) is 13.7 Å². The normalized spacial score (nSPS) is 22.1. The van der Waals surface area contributed by atoms with E-state index in [2.05, 4.69) is 15.4 Å². The molecule has 1 aliphatic rings. The molecule has 0 aromatic rings. The zero-order valence-electron chi connectivity index (χ0n) is 9.82. The minimum atomic E-state index is -0.906. The van der Waals surface area contributed by atoms with Gasteiger partial charge in [-0.25, -0.2) is 9.59 Å². The number of β-lactam (4-membered cyclic amide) rings is 1. The molecule has 0 bridgehead atoms. The Bertz CT molecular complexity index is 318. The third kappa shape index (κ3) is 3.33. The van der Waals surface area contributed by atoms with Crippen molar-refractivity contribution in [3.63, 3.8) is 0 Å². The first kappa shape index (κ1) is 13.3. The Labute approximate surface area is 98.8 Å². The first-order chi connectivity index (χ1) is 8.10. The van der Waals surface area contributed by atoms with Crippen LogP contribution in [0, 0.1) is 0 Å². The van der Waals surface area contributed by atoms with Crippen LogP contribution in [0.2, 0.25) is 0 Å². The Morgan fingerprint density at radius 1 is 1.47 bits per heavy atom. The van der Waals surface area contributed by atoms with Gasteiger partial charge in [-0.1, -0.05) is 13.3 Å². The number of amides is 2. The molecule has 0 spiro atoms. The van der Waals surface area contributed by atoms with Crippen LogP contribution in [0.1, 0.15) is 19.8 Å². The summed E-state index contributed by atoms with van der Waals surface area (Å²) in [4.78, 5) is 33.6. The number of carbonyl (C=O) groups is 3. The molecular weight excluding hydrogens is 228 g/mol. The van der Waals surface area contributed by atoms with E-state index in [0.717, 1.165) is 12.8 Å². The first-order valence-electron chi connectivity index (χ1n) is 5.41. The summed E-state index contributed by atoms with van der Waals surface area (Å²) in [6, 6.07) is -1.73. The van der Waals surface area contributed by atoms with Crippen LogP contribution in [0.15, 0.2) is 0 Å². The van der Waals surface area contributed by atoms with Crippen LogP contribution < -0.4 is 10.6 Å². The van der Waals surface area contributed by atoms with Crippen molar-refractivity contribution in [3.8, 4) is 0 Å². The van der Waals surface area contributed by atoms with E-state index in [-0.39, 0.29) is 0 Å². The van der Waals surface area contributed by atoms with Crippen molar-refractivity contribution < 1.29 is 23.9 Å². The number of carbonyl (C=O) groups excluding carboxylic acids is 3. The summed E-state index contributed by atoms with van der Waals surface area (Å²) in [5.74, 6) is -1.02. The SMILES string of the molecule is CCCCOC(=O)N[C@@H]1C(=O)N[C@@H]1C(=O)OC. The molecule has 1 saturated heterocycles. The second-order valence-electron chi connectivity index (χ2n) is 3.62. The van der Waals surface area contributed by atoms with E-state index < -0.39 is 30.1 Å². The average Bonchev–Trinajstić information content (AvgIpc) is 2.32. The molecule has 7 nitrogen and oxygen atoms in total. The highest BCUT2D eigenvalue weighted by Gasteiger charge is 2.46. The molecule has 1 rings (SSSR count). The summed E-state index contributed by atoms with van der Waals surface area (Å²) in [7, 11) is 1.21. The summed E-state index contributed by atoms with van der Waals surface area (Å²) < 4.78 is 9.28. The zero-order valence-corrected chi connectivity index (χ0v) is 9.82. The van der Waals surface area contributed by atoms with Gasteiger partial charge in [-0.2, -0.15) is 0 Å². The summed E-state index contributed by atoms with van der Waals surface area (Å²) in [6.07, 6.45) is 0.958. The molecule has 7 heteroatoms. The molecular formula is C10H16N2O5. The van der Waals surface area contributed by atoms with Crippen LogP contribution in [0.5, 0.6) is 0 Å². The van der Waals surface area contributed by atoms with Crippen molar-refractivity contribution in [1.29, 1.82) is 0 Å². The molecule has 17 heavy (non-hydrogen) atoms. The van der Waals surface area contributed by atoms with Gasteiger partial charge in [-0.05, 0) is 6.42 Å². The molecule has 1 fully saturated rings. The lowest BCUT2D eigenvalue weighted by atomic mass is 9.99. The fourth-order valence-corrected chi connectivity index (χ4v) is 1.33. The second kappa shape index (κ2) is 6.07. The number of ether oxygens (including phenoxy) is 2. The summed E-state index contributed by atoms with van der Waals surface area (Å²) >= 11 is 0. The maximum atomic E-state index is 11.3. The second-order valence-corrected chi connectivity index (χ2v) is 3.62. The van der Waals surface area contributed by atoms with Crippen molar-refractivity contribution in [1.82, 2.24) is 10.6 Å². The fraction of sp³-hybridized carbons (Fsp3) is 0.700. The molecule has 0 unspecified atom stereocenters. The summed E-state index contributed by atoms with van der Waals surface area (Å²) in [5, 5.41) is 4.65. The Morgan fingerprint density at radius 3 is 2.71 bits per heavy atom. The van der Waals surface area contributed by atoms with Gasteiger partial charge in [-0.15, -0.1) is 0 Å². The van der Waals surface area contributed by atoms with Crippen molar-refractivity contribution in [2.24, 2.45) is 0 Å². The first-order valence-corrected chi connectivity index (χ1v) is 5.41.